The summed E-state index contributed by atoms with van der Waals surface area (Å²) in [6, 6.07) is 0. The molecule has 2 rings (SSSR count). The van der Waals surface area contributed by atoms with Gasteiger partial charge < -0.3 is 10.6 Å². The Morgan fingerprint density at radius 1 is 1.40 bits per heavy atom. The first-order chi connectivity index (χ1) is 9.39. The second-order valence-electron chi connectivity index (χ2n) is 6.11. The van der Waals surface area contributed by atoms with Gasteiger partial charge in [0.2, 0.25) is 0 Å². The van der Waals surface area contributed by atoms with Gasteiger partial charge in [-0.05, 0) is 24.5 Å². The minimum Gasteiger partial charge on any atom is -0.396 e. The summed E-state index contributed by atoms with van der Waals surface area (Å²) < 4.78 is 0. The topological polar surface area (TPSA) is 46.3 Å². The normalized spacial score (nSPS) is 18.3. The molecule has 0 bridgehead atoms. The number of nitrogens with two attached hydrogens (primary N) is 1. The highest BCUT2D eigenvalue weighted by Gasteiger charge is 2.29. The van der Waals surface area contributed by atoms with E-state index in [1.807, 2.05) is 13.2 Å². The zero-order valence-electron chi connectivity index (χ0n) is 12.8. The second-order valence-corrected chi connectivity index (χ2v) is 7.93. The molecule has 0 aliphatic carbocycles. The van der Waals surface area contributed by atoms with Crippen molar-refractivity contribution in [3.05, 3.63) is 4.88 Å². The minimum absolute atomic E-state index is 0.159. The maximum Gasteiger partial charge on any atom is 0.174 e. The van der Waals surface area contributed by atoms with Gasteiger partial charge >= 0.3 is 0 Å². The minimum atomic E-state index is 0.159. The van der Waals surface area contributed by atoms with E-state index < -0.39 is 0 Å². The van der Waals surface area contributed by atoms with Crippen molar-refractivity contribution in [2.24, 2.45) is 5.41 Å². The molecular weight excluding hydrogens is 288 g/mol. The monoisotopic (exact) mass is 312 g/mol. The van der Waals surface area contributed by atoms with E-state index in [2.05, 4.69) is 18.7 Å². The molecule has 0 aromatic carbocycles. The SMILES string of the molecule is CCC(=O)c1sc(N2CCC(C)(C)CC2)c(SC)c1N. The van der Waals surface area contributed by atoms with E-state index in [1.54, 1.807) is 23.1 Å². The zero-order valence-corrected chi connectivity index (χ0v) is 14.4. The van der Waals surface area contributed by atoms with Gasteiger partial charge in [-0.2, -0.15) is 0 Å². The van der Waals surface area contributed by atoms with E-state index in [9.17, 15) is 4.79 Å². The van der Waals surface area contributed by atoms with Crippen LogP contribution >= 0.6 is 23.1 Å². The Kier molecular flexibility index (Phi) is 4.69. The van der Waals surface area contributed by atoms with Crippen LogP contribution in [-0.4, -0.2) is 25.1 Å². The van der Waals surface area contributed by atoms with Crippen molar-refractivity contribution in [3.63, 3.8) is 0 Å². The molecule has 0 radical (unpaired) electrons. The number of rotatable bonds is 4. The number of piperidine rings is 1. The summed E-state index contributed by atoms with van der Waals surface area (Å²) in [5, 5.41) is 1.20. The molecule has 5 heteroatoms. The number of Topliss-reactive ketones (excluding diaryl/α,β-unsaturated/α-hetero) is 1. The summed E-state index contributed by atoms with van der Waals surface area (Å²) in [7, 11) is 0. The summed E-state index contributed by atoms with van der Waals surface area (Å²) in [5.41, 5.74) is 7.31. The van der Waals surface area contributed by atoms with Crippen LogP contribution in [0.3, 0.4) is 0 Å². The molecule has 0 atom stereocenters. The Balaban J connectivity index is 2.30. The summed E-state index contributed by atoms with van der Waals surface area (Å²) in [6.07, 6.45) is 4.94. The first-order valence-electron chi connectivity index (χ1n) is 7.14. The first kappa shape index (κ1) is 15.7. The number of thiophene rings is 1. The summed E-state index contributed by atoms with van der Waals surface area (Å²) in [4.78, 5) is 16.2. The summed E-state index contributed by atoms with van der Waals surface area (Å²) in [5.74, 6) is 0.159. The predicted octanol–water partition coefficient (Wildman–Crippen LogP) is 4.27. The van der Waals surface area contributed by atoms with Crippen molar-refractivity contribution in [2.45, 2.75) is 44.9 Å². The van der Waals surface area contributed by atoms with Gasteiger partial charge in [-0.25, -0.2) is 0 Å². The maximum atomic E-state index is 12.0. The van der Waals surface area contributed by atoms with E-state index >= 15 is 0 Å². The summed E-state index contributed by atoms with van der Waals surface area (Å²) in [6.45, 7) is 8.66. The van der Waals surface area contributed by atoms with Gasteiger partial charge in [0.05, 0.1) is 15.5 Å². The van der Waals surface area contributed by atoms with Crippen LogP contribution in [0.1, 0.15) is 49.7 Å². The molecule has 1 aromatic rings. The number of carbonyl (C=O) groups is 1. The number of nitrogen functional groups attached to an aromatic ring is 1. The van der Waals surface area contributed by atoms with Gasteiger partial charge in [0, 0.05) is 19.5 Å². The Morgan fingerprint density at radius 2 is 2.00 bits per heavy atom. The average molecular weight is 313 g/mol. The molecule has 1 aromatic heterocycles. The van der Waals surface area contributed by atoms with Crippen LogP contribution in [0.5, 0.6) is 0 Å². The largest absolute Gasteiger partial charge is 0.396 e. The molecule has 1 aliphatic heterocycles. The lowest BCUT2D eigenvalue weighted by Gasteiger charge is -2.37. The van der Waals surface area contributed by atoms with Gasteiger partial charge in [0.15, 0.2) is 5.78 Å². The van der Waals surface area contributed by atoms with E-state index in [-0.39, 0.29) is 5.78 Å². The Morgan fingerprint density at radius 3 is 2.50 bits per heavy atom. The number of ketones is 1. The third kappa shape index (κ3) is 2.98. The fraction of sp³-hybridized carbons (Fsp3) is 0.667. The van der Waals surface area contributed by atoms with Crippen molar-refractivity contribution < 1.29 is 4.79 Å². The predicted molar refractivity (Wildman–Crippen MR) is 90.4 cm³/mol. The Hall–Kier alpha value is -0.680. The summed E-state index contributed by atoms with van der Waals surface area (Å²) >= 11 is 3.24. The Labute approximate surface area is 129 Å². The molecule has 3 nitrogen and oxygen atoms in total. The first-order valence-corrected chi connectivity index (χ1v) is 9.18. The number of thioether (sulfide) groups is 1. The maximum absolute atomic E-state index is 12.0. The molecule has 1 fully saturated rings. The molecule has 2 heterocycles. The molecule has 0 saturated carbocycles. The zero-order chi connectivity index (χ0) is 14.9. The number of hydrogen-bond acceptors (Lipinski definition) is 5. The molecule has 0 unspecified atom stereocenters. The van der Waals surface area contributed by atoms with E-state index in [0.717, 1.165) is 22.9 Å². The highest BCUT2D eigenvalue weighted by Crippen LogP contribution is 2.46. The van der Waals surface area contributed by atoms with Crippen LogP contribution in [0, 0.1) is 5.41 Å². The van der Waals surface area contributed by atoms with Crippen molar-refractivity contribution in [2.75, 3.05) is 30.0 Å². The van der Waals surface area contributed by atoms with Gasteiger partial charge in [-0.3, -0.25) is 4.79 Å². The van der Waals surface area contributed by atoms with Gasteiger partial charge in [0.25, 0.3) is 0 Å². The number of hydrogen-bond donors (Lipinski definition) is 1. The standard InChI is InChI=1S/C15H24N2OS2/c1-5-10(18)12-11(16)13(19-4)14(20-12)17-8-6-15(2,3)7-9-17/h5-9,16H2,1-4H3. The molecule has 1 saturated heterocycles. The molecule has 112 valence electrons. The van der Waals surface area contributed by atoms with Gasteiger partial charge in [0.1, 0.15) is 5.00 Å². The molecule has 20 heavy (non-hydrogen) atoms. The van der Waals surface area contributed by atoms with Crippen LogP contribution in [0.2, 0.25) is 0 Å². The quantitative estimate of drug-likeness (QED) is 0.666. The van der Waals surface area contributed by atoms with E-state index in [1.165, 1.54) is 17.8 Å². The van der Waals surface area contributed by atoms with Gasteiger partial charge in [-0.1, -0.05) is 20.8 Å². The van der Waals surface area contributed by atoms with Crippen molar-refractivity contribution in [3.8, 4) is 0 Å². The molecule has 0 spiro atoms. The average Bonchev–Trinajstić information content (AvgIpc) is 2.75. The van der Waals surface area contributed by atoms with E-state index in [0.29, 0.717) is 17.5 Å². The van der Waals surface area contributed by atoms with Crippen LogP contribution in [0.15, 0.2) is 4.90 Å². The fourth-order valence-corrected chi connectivity index (χ4v) is 4.75. The lowest BCUT2D eigenvalue weighted by atomic mass is 9.83. The van der Waals surface area contributed by atoms with Crippen LogP contribution in [0.4, 0.5) is 10.7 Å². The molecule has 0 amide bonds. The molecule has 2 N–H and O–H groups in total. The highest BCUT2D eigenvalue weighted by molar-refractivity contribution is 7.99. The fourth-order valence-electron chi connectivity index (χ4n) is 2.50. The van der Waals surface area contributed by atoms with Crippen molar-refractivity contribution >= 4 is 39.6 Å². The third-order valence-electron chi connectivity index (χ3n) is 4.06. The van der Waals surface area contributed by atoms with Gasteiger partial charge in [-0.15, -0.1) is 23.1 Å². The number of carbonyl (C=O) groups excluding carboxylic acids is 1. The van der Waals surface area contributed by atoms with Crippen molar-refractivity contribution in [1.82, 2.24) is 0 Å². The lowest BCUT2D eigenvalue weighted by molar-refractivity contribution is 0.0992. The van der Waals surface area contributed by atoms with Crippen LogP contribution < -0.4 is 10.6 Å². The molecule has 1 aliphatic rings. The number of nitrogens with zero attached hydrogens (tertiary/aromatic N) is 1. The van der Waals surface area contributed by atoms with Crippen LogP contribution in [-0.2, 0) is 0 Å². The molecular formula is C15H24N2OS2. The lowest BCUT2D eigenvalue weighted by Crippen LogP contribution is -2.37. The Bertz CT molecular complexity index is 498. The highest BCUT2D eigenvalue weighted by atomic mass is 32.2. The smallest absolute Gasteiger partial charge is 0.174 e. The van der Waals surface area contributed by atoms with Crippen molar-refractivity contribution in [1.29, 1.82) is 0 Å². The second kappa shape index (κ2) is 5.98. The third-order valence-corrected chi connectivity index (χ3v) is 6.32. The number of anilines is 2. The van der Waals surface area contributed by atoms with Crippen LogP contribution in [0.25, 0.3) is 0 Å². The van der Waals surface area contributed by atoms with E-state index in [4.69, 9.17) is 5.73 Å².